The van der Waals surface area contributed by atoms with Gasteiger partial charge in [0.25, 0.3) is 0 Å². The summed E-state index contributed by atoms with van der Waals surface area (Å²) in [5, 5.41) is 8.83. The average Bonchev–Trinajstić information content (AvgIpc) is 2.26. The lowest BCUT2D eigenvalue weighted by molar-refractivity contribution is -0.149. The molecule has 0 saturated heterocycles. The third kappa shape index (κ3) is 3.38. The normalized spacial score (nSPS) is 11.8. The maximum Gasteiger partial charge on any atom is 0.314 e. The van der Waals surface area contributed by atoms with Crippen molar-refractivity contribution in [3.8, 4) is 0 Å². The summed E-state index contributed by atoms with van der Waals surface area (Å²) >= 11 is 0. The van der Waals surface area contributed by atoms with E-state index in [1.807, 2.05) is 0 Å². The number of carboxylic acids is 1. The van der Waals surface area contributed by atoms with Gasteiger partial charge in [-0.25, -0.2) is 0 Å². The molecule has 98 valence electrons. The molecule has 1 aromatic carbocycles. The van der Waals surface area contributed by atoms with Crippen LogP contribution in [-0.2, 0) is 14.3 Å². The average molecular weight is 252 g/mol. The van der Waals surface area contributed by atoms with Crippen LogP contribution in [0.4, 0.5) is 11.4 Å². The summed E-state index contributed by atoms with van der Waals surface area (Å²) in [6.45, 7) is 1.84. The standard InChI is InChI=1S/C12H16N2O4/c1-2-18-12(17)9(6-11(15)16)8-4-3-7(13)5-10(8)14/h3-5,9H,2,6,13-14H2,1H3,(H,15,16). The number of hydrogen-bond acceptors (Lipinski definition) is 5. The minimum absolute atomic E-state index is 0.184. The van der Waals surface area contributed by atoms with Crippen LogP contribution in [0.2, 0.25) is 0 Å². The number of nitrogens with two attached hydrogens (primary N) is 2. The molecule has 0 aliphatic carbocycles. The van der Waals surface area contributed by atoms with E-state index in [4.69, 9.17) is 21.3 Å². The molecular formula is C12H16N2O4. The number of aliphatic carboxylic acids is 1. The minimum Gasteiger partial charge on any atom is -0.481 e. The first-order valence-electron chi connectivity index (χ1n) is 5.49. The van der Waals surface area contributed by atoms with E-state index in [-0.39, 0.29) is 18.7 Å². The Morgan fingerprint density at radius 3 is 2.56 bits per heavy atom. The lowest BCUT2D eigenvalue weighted by Gasteiger charge is -2.16. The fourth-order valence-electron chi connectivity index (χ4n) is 1.65. The molecule has 6 heteroatoms. The van der Waals surface area contributed by atoms with E-state index < -0.39 is 17.9 Å². The highest BCUT2D eigenvalue weighted by Gasteiger charge is 2.26. The number of nitrogen functional groups attached to an aromatic ring is 2. The number of benzene rings is 1. The molecule has 1 rings (SSSR count). The second-order valence-electron chi connectivity index (χ2n) is 3.79. The molecule has 0 aliphatic heterocycles. The van der Waals surface area contributed by atoms with Crippen molar-refractivity contribution < 1.29 is 19.4 Å². The number of hydrogen-bond donors (Lipinski definition) is 3. The Hall–Kier alpha value is -2.24. The third-order valence-electron chi connectivity index (χ3n) is 2.44. The summed E-state index contributed by atoms with van der Waals surface area (Å²) in [5.74, 6) is -2.61. The van der Waals surface area contributed by atoms with E-state index >= 15 is 0 Å². The Balaban J connectivity index is 3.08. The summed E-state index contributed by atoms with van der Waals surface area (Å²) in [6.07, 6.45) is -0.368. The fraction of sp³-hybridized carbons (Fsp3) is 0.333. The summed E-state index contributed by atoms with van der Waals surface area (Å²) in [5.41, 5.74) is 12.5. The largest absolute Gasteiger partial charge is 0.481 e. The van der Waals surface area contributed by atoms with Crippen molar-refractivity contribution in [1.82, 2.24) is 0 Å². The zero-order valence-electron chi connectivity index (χ0n) is 10.1. The molecule has 0 aliphatic rings. The van der Waals surface area contributed by atoms with Crippen LogP contribution in [0.3, 0.4) is 0 Å². The quantitative estimate of drug-likeness (QED) is 0.531. The van der Waals surface area contributed by atoms with Gasteiger partial charge in [-0.15, -0.1) is 0 Å². The van der Waals surface area contributed by atoms with Gasteiger partial charge in [0.05, 0.1) is 18.9 Å². The molecule has 0 saturated carbocycles. The van der Waals surface area contributed by atoms with Gasteiger partial charge < -0.3 is 21.3 Å². The van der Waals surface area contributed by atoms with Gasteiger partial charge in [-0.05, 0) is 24.6 Å². The van der Waals surface area contributed by atoms with Crippen molar-refractivity contribution in [2.24, 2.45) is 0 Å². The van der Waals surface area contributed by atoms with E-state index in [0.29, 0.717) is 11.3 Å². The molecule has 0 bridgehead atoms. The second-order valence-corrected chi connectivity index (χ2v) is 3.79. The smallest absolute Gasteiger partial charge is 0.314 e. The molecule has 0 heterocycles. The van der Waals surface area contributed by atoms with Crippen LogP contribution in [0.15, 0.2) is 18.2 Å². The van der Waals surface area contributed by atoms with Crippen LogP contribution < -0.4 is 11.5 Å². The number of anilines is 2. The van der Waals surface area contributed by atoms with Crippen molar-refractivity contribution in [1.29, 1.82) is 0 Å². The molecule has 0 aromatic heterocycles. The Kier molecular flexibility index (Phi) is 4.53. The number of carboxylic acid groups (broad SMARTS) is 1. The highest BCUT2D eigenvalue weighted by Crippen LogP contribution is 2.28. The topological polar surface area (TPSA) is 116 Å². The van der Waals surface area contributed by atoms with Crippen molar-refractivity contribution in [2.45, 2.75) is 19.3 Å². The fourth-order valence-corrected chi connectivity index (χ4v) is 1.65. The number of esters is 1. The Morgan fingerprint density at radius 1 is 1.39 bits per heavy atom. The van der Waals surface area contributed by atoms with Gasteiger partial charge in [0.1, 0.15) is 0 Å². The first kappa shape index (κ1) is 13.8. The number of ether oxygens (including phenoxy) is 1. The third-order valence-corrected chi connectivity index (χ3v) is 2.44. The number of carbonyl (C=O) groups excluding carboxylic acids is 1. The van der Waals surface area contributed by atoms with Crippen LogP contribution in [0.5, 0.6) is 0 Å². The first-order valence-corrected chi connectivity index (χ1v) is 5.49. The zero-order chi connectivity index (χ0) is 13.7. The molecule has 6 nitrogen and oxygen atoms in total. The molecule has 1 aromatic rings. The molecular weight excluding hydrogens is 236 g/mol. The second kappa shape index (κ2) is 5.90. The summed E-state index contributed by atoms with van der Waals surface area (Å²) in [4.78, 5) is 22.5. The van der Waals surface area contributed by atoms with E-state index in [1.165, 1.54) is 6.07 Å². The zero-order valence-corrected chi connectivity index (χ0v) is 10.1. The van der Waals surface area contributed by atoms with E-state index in [9.17, 15) is 9.59 Å². The Bertz CT molecular complexity index is 459. The van der Waals surface area contributed by atoms with Crippen LogP contribution in [0, 0.1) is 0 Å². The monoisotopic (exact) mass is 252 g/mol. The highest BCUT2D eigenvalue weighted by atomic mass is 16.5. The van der Waals surface area contributed by atoms with Gasteiger partial charge in [0, 0.05) is 11.4 Å². The van der Waals surface area contributed by atoms with Gasteiger partial charge in [0.2, 0.25) is 0 Å². The Morgan fingerprint density at radius 2 is 2.06 bits per heavy atom. The van der Waals surface area contributed by atoms with Gasteiger partial charge in [-0.1, -0.05) is 6.07 Å². The Labute approximate surface area is 105 Å². The first-order chi connectivity index (χ1) is 8.45. The molecule has 5 N–H and O–H groups in total. The van der Waals surface area contributed by atoms with Crippen molar-refractivity contribution in [2.75, 3.05) is 18.1 Å². The van der Waals surface area contributed by atoms with E-state index in [2.05, 4.69) is 0 Å². The van der Waals surface area contributed by atoms with Crippen molar-refractivity contribution in [3.63, 3.8) is 0 Å². The molecule has 0 amide bonds. The predicted octanol–water partition coefficient (Wildman–Crippen LogP) is 0.972. The van der Waals surface area contributed by atoms with E-state index in [1.54, 1.807) is 19.1 Å². The lowest BCUT2D eigenvalue weighted by Crippen LogP contribution is -2.20. The van der Waals surface area contributed by atoms with Crippen molar-refractivity contribution in [3.05, 3.63) is 23.8 Å². The molecule has 0 spiro atoms. The van der Waals surface area contributed by atoms with Gasteiger partial charge in [-0.3, -0.25) is 9.59 Å². The SMILES string of the molecule is CCOC(=O)C(CC(=O)O)c1ccc(N)cc1N. The van der Waals surface area contributed by atoms with Crippen LogP contribution in [-0.4, -0.2) is 23.7 Å². The molecule has 0 radical (unpaired) electrons. The van der Waals surface area contributed by atoms with Crippen LogP contribution in [0.1, 0.15) is 24.8 Å². The maximum absolute atomic E-state index is 11.7. The predicted molar refractivity (Wildman–Crippen MR) is 66.9 cm³/mol. The van der Waals surface area contributed by atoms with Crippen molar-refractivity contribution >= 4 is 23.3 Å². The van der Waals surface area contributed by atoms with E-state index in [0.717, 1.165) is 0 Å². The highest BCUT2D eigenvalue weighted by molar-refractivity contribution is 5.85. The van der Waals surface area contributed by atoms with Crippen LogP contribution in [0.25, 0.3) is 0 Å². The number of rotatable bonds is 5. The maximum atomic E-state index is 11.7. The molecule has 1 atom stereocenters. The van der Waals surface area contributed by atoms with Crippen LogP contribution >= 0.6 is 0 Å². The summed E-state index contributed by atoms with van der Waals surface area (Å²) in [7, 11) is 0. The lowest BCUT2D eigenvalue weighted by atomic mass is 9.94. The molecule has 0 fully saturated rings. The molecule has 1 unspecified atom stereocenters. The minimum atomic E-state index is -1.09. The molecule has 18 heavy (non-hydrogen) atoms. The summed E-state index contributed by atoms with van der Waals surface area (Å²) < 4.78 is 4.86. The van der Waals surface area contributed by atoms with Gasteiger partial charge in [-0.2, -0.15) is 0 Å². The van der Waals surface area contributed by atoms with Gasteiger partial charge >= 0.3 is 11.9 Å². The summed E-state index contributed by atoms with van der Waals surface area (Å²) in [6, 6.07) is 4.61. The number of carbonyl (C=O) groups is 2. The van der Waals surface area contributed by atoms with Gasteiger partial charge in [0.15, 0.2) is 0 Å².